The van der Waals surface area contributed by atoms with Gasteiger partial charge in [0.05, 0.1) is 0 Å². The van der Waals surface area contributed by atoms with Crippen LogP contribution in [0.25, 0.3) is 10.8 Å². The molecule has 1 unspecified atom stereocenters. The average molecular weight is 288 g/mol. The Bertz CT molecular complexity index is 561. The molecular formula is C18H22ClN. The van der Waals surface area contributed by atoms with Crippen LogP contribution in [0.15, 0.2) is 42.5 Å². The molecule has 0 bridgehead atoms. The lowest BCUT2D eigenvalue weighted by atomic mass is 10.0. The van der Waals surface area contributed by atoms with Crippen LogP contribution in [0.1, 0.15) is 31.2 Å². The molecule has 0 saturated carbocycles. The van der Waals surface area contributed by atoms with Gasteiger partial charge >= 0.3 is 0 Å². The fourth-order valence-electron chi connectivity index (χ4n) is 3.39. The molecule has 2 heteroatoms. The Kier molecular flexibility index (Phi) is 4.59. The summed E-state index contributed by atoms with van der Waals surface area (Å²) in [5.74, 6) is 0.790. The van der Waals surface area contributed by atoms with Crippen molar-refractivity contribution in [2.75, 3.05) is 12.4 Å². The number of hydrogen-bond donors (Lipinski definition) is 0. The summed E-state index contributed by atoms with van der Waals surface area (Å²) in [6.45, 7) is 2.31. The Morgan fingerprint density at radius 1 is 1.10 bits per heavy atom. The first kappa shape index (κ1) is 13.9. The minimum atomic E-state index is 0.729. The highest BCUT2D eigenvalue weighted by atomic mass is 35.5. The second-order valence-corrected chi connectivity index (χ2v) is 6.11. The fraction of sp³-hybridized carbons (Fsp3) is 0.444. The van der Waals surface area contributed by atoms with Gasteiger partial charge in [-0.15, -0.1) is 11.6 Å². The van der Waals surface area contributed by atoms with Gasteiger partial charge in [0.2, 0.25) is 0 Å². The van der Waals surface area contributed by atoms with E-state index in [1.165, 1.54) is 42.1 Å². The Morgan fingerprint density at radius 3 is 2.85 bits per heavy atom. The third-order valence-corrected chi connectivity index (χ3v) is 4.69. The van der Waals surface area contributed by atoms with E-state index < -0.39 is 0 Å². The molecule has 1 nitrogen and oxygen atoms in total. The minimum Gasteiger partial charge on any atom is -0.296 e. The molecule has 0 amide bonds. The monoisotopic (exact) mass is 287 g/mol. The lowest BCUT2D eigenvalue weighted by molar-refractivity contribution is 0.234. The second kappa shape index (κ2) is 6.60. The van der Waals surface area contributed by atoms with Crippen LogP contribution in [0.2, 0.25) is 0 Å². The van der Waals surface area contributed by atoms with Gasteiger partial charge in [-0.1, -0.05) is 42.5 Å². The van der Waals surface area contributed by atoms with Crippen LogP contribution in [0.5, 0.6) is 0 Å². The van der Waals surface area contributed by atoms with E-state index in [1.54, 1.807) is 0 Å². The second-order valence-electron chi connectivity index (χ2n) is 5.74. The molecule has 1 aliphatic heterocycles. The molecule has 3 rings (SSSR count). The standard InChI is InChI=1S/C18H22ClN/c19-12-4-9-17-10-5-13-20(17)14-16-8-3-7-15-6-1-2-11-18(15)16/h1-3,6-8,11,17H,4-5,9-10,12-14H2. The molecule has 1 heterocycles. The van der Waals surface area contributed by atoms with E-state index in [4.69, 9.17) is 11.6 Å². The topological polar surface area (TPSA) is 3.24 Å². The Morgan fingerprint density at radius 2 is 1.95 bits per heavy atom. The van der Waals surface area contributed by atoms with E-state index in [1.807, 2.05) is 0 Å². The van der Waals surface area contributed by atoms with Crippen LogP contribution >= 0.6 is 11.6 Å². The molecule has 1 atom stereocenters. The van der Waals surface area contributed by atoms with Crippen molar-refractivity contribution in [2.24, 2.45) is 0 Å². The van der Waals surface area contributed by atoms with E-state index >= 15 is 0 Å². The van der Waals surface area contributed by atoms with Crippen molar-refractivity contribution in [2.45, 2.75) is 38.3 Å². The highest BCUT2D eigenvalue weighted by Gasteiger charge is 2.24. The summed E-state index contributed by atoms with van der Waals surface area (Å²) in [7, 11) is 0. The van der Waals surface area contributed by atoms with E-state index in [2.05, 4.69) is 47.4 Å². The third kappa shape index (κ3) is 2.99. The van der Waals surface area contributed by atoms with Crippen LogP contribution in [-0.2, 0) is 6.54 Å². The van der Waals surface area contributed by atoms with Crippen molar-refractivity contribution in [3.8, 4) is 0 Å². The van der Waals surface area contributed by atoms with Gasteiger partial charge in [-0.05, 0) is 48.6 Å². The summed E-state index contributed by atoms with van der Waals surface area (Å²) < 4.78 is 0. The summed E-state index contributed by atoms with van der Waals surface area (Å²) in [5, 5.41) is 2.75. The number of fused-ring (bicyclic) bond motifs is 1. The van der Waals surface area contributed by atoms with Crippen molar-refractivity contribution in [3.05, 3.63) is 48.0 Å². The molecule has 2 aromatic carbocycles. The summed E-state index contributed by atoms with van der Waals surface area (Å²) in [6, 6.07) is 16.1. The molecule has 0 spiro atoms. The molecule has 0 aliphatic carbocycles. The number of benzene rings is 2. The molecule has 106 valence electrons. The first-order chi connectivity index (χ1) is 9.88. The number of nitrogens with zero attached hydrogens (tertiary/aromatic N) is 1. The van der Waals surface area contributed by atoms with Crippen LogP contribution in [-0.4, -0.2) is 23.4 Å². The summed E-state index contributed by atoms with van der Waals surface area (Å²) in [4.78, 5) is 2.65. The molecule has 20 heavy (non-hydrogen) atoms. The predicted molar refractivity (Wildman–Crippen MR) is 87.3 cm³/mol. The van der Waals surface area contributed by atoms with Crippen molar-refractivity contribution >= 4 is 22.4 Å². The highest BCUT2D eigenvalue weighted by Crippen LogP contribution is 2.26. The summed E-state index contributed by atoms with van der Waals surface area (Å²) in [5.41, 5.74) is 1.46. The van der Waals surface area contributed by atoms with Crippen LogP contribution in [0, 0.1) is 0 Å². The van der Waals surface area contributed by atoms with Crippen LogP contribution in [0.3, 0.4) is 0 Å². The molecule has 1 fully saturated rings. The quantitative estimate of drug-likeness (QED) is 0.713. The summed E-state index contributed by atoms with van der Waals surface area (Å²) >= 11 is 5.85. The van der Waals surface area contributed by atoms with Crippen LogP contribution < -0.4 is 0 Å². The van der Waals surface area contributed by atoms with E-state index in [9.17, 15) is 0 Å². The van der Waals surface area contributed by atoms with Gasteiger partial charge in [-0.25, -0.2) is 0 Å². The first-order valence-electron chi connectivity index (χ1n) is 7.65. The van der Waals surface area contributed by atoms with Gasteiger partial charge in [0.1, 0.15) is 0 Å². The molecule has 2 aromatic rings. The molecule has 0 N–H and O–H groups in total. The Labute approximate surface area is 126 Å². The zero-order valence-electron chi connectivity index (χ0n) is 11.9. The number of likely N-dealkylation sites (tertiary alicyclic amines) is 1. The zero-order chi connectivity index (χ0) is 13.8. The smallest absolute Gasteiger partial charge is 0.0242 e. The Hall–Kier alpha value is -1.05. The molecule has 1 aliphatic rings. The van der Waals surface area contributed by atoms with Gasteiger partial charge < -0.3 is 0 Å². The number of halogens is 1. The number of rotatable bonds is 5. The van der Waals surface area contributed by atoms with Crippen molar-refractivity contribution in [1.82, 2.24) is 4.90 Å². The number of alkyl halides is 1. The summed E-state index contributed by atoms with van der Waals surface area (Å²) in [6.07, 6.45) is 5.05. The van der Waals surface area contributed by atoms with Crippen molar-refractivity contribution in [1.29, 1.82) is 0 Å². The minimum absolute atomic E-state index is 0.729. The van der Waals surface area contributed by atoms with Gasteiger partial charge in [0.25, 0.3) is 0 Å². The van der Waals surface area contributed by atoms with E-state index in [0.717, 1.165) is 24.9 Å². The van der Waals surface area contributed by atoms with E-state index in [0.29, 0.717) is 0 Å². The maximum atomic E-state index is 5.85. The predicted octanol–water partition coefficient (Wildman–Crippen LogP) is 4.82. The number of hydrogen-bond acceptors (Lipinski definition) is 1. The normalized spacial score (nSPS) is 19.8. The largest absolute Gasteiger partial charge is 0.296 e. The fourth-order valence-corrected chi connectivity index (χ4v) is 3.55. The lowest BCUT2D eigenvalue weighted by Crippen LogP contribution is -2.29. The van der Waals surface area contributed by atoms with E-state index in [-0.39, 0.29) is 0 Å². The first-order valence-corrected chi connectivity index (χ1v) is 8.18. The molecule has 0 aromatic heterocycles. The zero-order valence-corrected chi connectivity index (χ0v) is 12.6. The molecule has 0 radical (unpaired) electrons. The lowest BCUT2D eigenvalue weighted by Gasteiger charge is -2.25. The Balaban J connectivity index is 1.78. The maximum Gasteiger partial charge on any atom is 0.0242 e. The van der Waals surface area contributed by atoms with Crippen molar-refractivity contribution < 1.29 is 0 Å². The molecule has 1 saturated heterocycles. The third-order valence-electron chi connectivity index (χ3n) is 4.42. The van der Waals surface area contributed by atoms with Crippen LogP contribution in [0.4, 0.5) is 0 Å². The average Bonchev–Trinajstić information content (AvgIpc) is 2.93. The highest BCUT2D eigenvalue weighted by molar-refractivity contribution is 6.17. The molecular weight excluding hydrogens is 266 g/mol. The van der Waals surface area contributed by atoms with Gasteiger partial charge in [-0.2, -0.15) is 0 Å². The maximum absolute atomic E-state index is 5.85. The van der Waals surface area contributed by atoms with Gasteiger partial charge in [0.15, 0.2) is 0 Å². The van der Waals surface area contributed by atoms with Gasteiger partial charge in [0, 0.05) is 18.5 Å². The van der Waals surface area contributed by atoms with Gasteiger partial charge in [-0.3, -0.25) is 4.90 Å². The van der Waals surface area contributed by atoms with Crippen molar-refractivity contribution in [3.63, 3.8) is 0 Å². The SMILES string of the molecule is ClCCCC1CCCN1Cc1cccc2ccccc12.